The summed E-state index contributed by atoms with van der Waals surface area (Å²) in [6, 6.07) is 6.93. The predicted octanol–water partition coefficient (Wildman–Crippen LogP) is 6.02. The van der Waals surface area contributed by atoms with E-state index in [4.69, 9.17) is 14.6 Å². The maximum atomic E-state index is 13.2. The van der Waals surface area contributed by atoms with E-state index in [0.29, 0.717) is 16.8 Å². The molecule has 11 heteroatoms. The minimum absolute atomic E-state index is 0.207. The van der Waals surface area contributed by atoms with Gasteiger partial charge in [0.1, 0.15) is 18.0 Å². The first kappa shape index (κ1) is 27.6. The summed E-state index contributed by atoms with van der Waals surface area (Å²) in [4.78, 5) is 28.5. The minimum Gasteiger partial charge on any atom is -0.464 e. The summed E-state index contributed by atoms with van der Waals surface area (Å²) in [5, 5.41) is 8.23. The highest BCUT2D eigenvalue weighted by atomic mass is 19.4. The van der Waals surface area contributed by atoms with Gasteiger partial charge in [-0.15, -0.1) is 0 Å². The molecule has 0 atom stereocenters. The van der Waals surface area contributed by atoms with E-state index < -0.39 is 29.3 Å². The highest BCUT2D eigenvalue weighted by molar-refractivity contribution is 6.04. The monoisotopic (exact) mass is 532 g/mol. The number of nitrogens with zero attached hydrogens (tertiary/aromatic N) is 3. The molecular weight excluding hydrogens is 501 g/mol. The number of hydrogen-bond donors (Lipinski definition) is 1. The lowest BCUT2D eigenvalue weighted by atomic mass is 9.94. The quantitative estimate of drug-likeness (QED) is 0.357. The number of hydrogen-bond acceptors (Lipinski definition) is 6. The summed E-state index contributed by atoms with van der Waals surface area (Å²) in [5.74, 6) is -1.35. The maximum Gasteiger partial charge on any atom is 0.433 e. The van der Waals surface area contributed by atoms with Crippen LogP contribution < -0.4 is 5.32 Å². The number of anilines is 1. The van der Waals surface area contributed by atoms with Gasteiger partial charge >= 0.3 is 12.1 Å². The smallest absolute Gasteiger partial charge is 0.433 e. The second kappa shape index (κ2) is 11.1. The van der Waals surface area contributed by atoms with Crippen molar-refractivity contribution in [1.29, 1.82) is 0 Å². The Bertz CT molecular complexity index is 1310. The van der Waals surface area contributed by atoms with Crippen LogP contribution in [0.2, 0.25) is 0 Å². The molecule has 0 bridgehead atoms. The maximum absolute atomic E-state index is 13.2. The van der Waals surface area contributed by atoms with Gasteiger partial charge in [0.2, 0.25) is 0 Å². The molecule has 1 amide bonds. The van der Waals surface area contributed by atoms with E-state index in [1.165, 1.54) is 12.5 Å². The molecule has 2 aromatic heterocycles. The zero-order chi connectivity index (χ0) is 27.5. The van der Waals surface area contributed by atoms with Crippen LogP contribution in [0.25, 0.3) is 10.9 Å². The molecule has 204 valence electrons. The molecule has 3 aromatic rings. The molecule has 8 nitrogen and oxygen atoms in total. The van der Waals surface area contributed by atoms with Crippen LogP contribution >= 0.6 is 0 Å². The first-order valence-corrected chi connectivity index (χ1v) is 12.7. The van der Waals surface area contributed by atoms with Crippen molar-refractivity contribution in [3.05, 3.63) is 53.5 Å². The SMILES string of the molecule is CCOC(=O)COC(C)(C)c1cc2nn(C3CCCCC3)cc2cc1NC(=O)c1cccc(C(F)(F)F)n1. The topological polar surface area (TPSA) is 95.3 Å². The summed E-state index contributed by atoms with van der Waals surface area (Å²) in [7, 11) is 0. The van der Waals surface area contributed by atoms with Gasteiger partial charge in [-0.1, -0.05) is 25.3 Å². The number of esters is 1. The number of carbonyl (C=O) groups excluding carboxylic acids is 2. The molecule has 1 N–H and O–H groups in total. The largest absolute Gasteiger partial charge is 0.464 e. The third-order valence-electron chi connectivity index (χ3n) is 6.64. The molecule has 0 saturated heterocycles. The van der Waals surface area contributed by atoms with Gasteiger partial charge in [0.05, 0.1) is 23.8 Å². The van der Waals surface area contributed by atoms with Crippen LogP contribution in [0.5, 0.6) is 0 Å². The number of amides is 1. The first-order valence-electron chi connectivity index (χ1n) is 12.7. The van der Waals surface area contributed by atoms with E-state index in [-0.39, 0.29) is 24.9 Å². The molecule has 1 fully saturated rings. The summed E-state index contributed by atoms with van der Waals surface area (Å²) in [6.07, 6.45) is 2.75. The Labute approximate surface area is 218 Å². The fourth-order valence-electron chi connectivity index (χ4n) is 4.65. The molecule has 1 aliphatic carbocycles. The van der Waals surface area contributed by atoms with Crippen LogP contribution in [0.15, 0.2) is 36.5 Å². The van der Waals surface area contributed by atoms with E-state index in [0.717, 1.165) is 43.2 Å². The Morgan fingerprint density at radius 2 is 1.87 bits per heavy atom. The molecule has 1 aromatic carbocycles. The van der Waals surface area contributed by atoms with Gasteiger partial charge in [-0.3, -0.25) is 9.48 Å². The highest BCUT2D eigenvalue weighted by Crippen LogP contribution is 2.36. The standard InChI is InChI=1S/C27H31F3N4O4/c1-4-37-24(35)16-38-26(2,3)19-14-21-17(15-34(33-21)18-9-6-5-7-10-18)13-22(19)32-25(36)20-11-8-12-23(31-20)27(28,29)30/h8,11-15,18H,4-7,9-10,16H2,1-3H3,(H,32,36). The molecule has 0 unspecified atom stereocenters. The minimum atomic E-state index is -4.68. The van der Waals surface area contributed by atoms with Crippen molar-refractivity contribution >= 4 is 28.5 Å². The van der Waals surface area contributed by atoms with Crippen molar-refractivity contribution in [3.8, 4) is 0 Å². The van der Waals surface area contributed by atoms with Crippen molar-refractivity contribution < 1.29 is 32.2 Å². The third-order valence-corrected chi connectivity index (χ3v) is 6.64. The number of nitrogens with one attached hydrogen (secondary N) is 1. The van der Waals surface area contributed by atoms with Crippen LogP contribution in [0.1, 0.15) is 80.7 Å². The fraction of sp³-hybridized carbons (Fsp3) is 0.481. The summed E-state index contributed by atoms with van der Waals surface area (Å²) >= 11 is 0. The number of carbonyl (C=O) groups is 2. The van der Waals surface area contributed by atoms with Gasteiger partial charge < -0.3 is 14.8 Å². The number of aromatic nitrogens is 3. The molecule has 0 radical (unpaired) electrons. The molecule has 4 rings (SSSR count). The van der Waals surface area contributed by atoms with E-state index in [2.05, 4.69) is 10.3 Å². The first-order chi connectivity index (χ1) is 18.0. The van der Waals surface area contributed by atoms with E-state index in [9.17, 15) is 22.8 Å². The van der Waals surface area contributed by atoms with Crippen molar-refractivity contribution in [1.82, 2.24) is 14.8 Å². The summed E-state index contributed by atoms with van der Waals surface area (Å²) in [5.41, 5.74) is -1.13. The van der Waals surface area contributed by atoms with Crippen molar-refractivity contribution in [2.45, 2.75) is 70.7 Å². The average molecular weight is 533 g/mol. The van der Waals surface area contributed by atoms with Gasteiger partial charge in [0, 0.05) is 22.8 Å². The Morgan fingerprint density at radius 3 is 2.55 bits per heavy atom. The van der Waals surface area contributed by atoms with Crippen LogP contribution in [0.3, 0.4) is 0 Å². The zero-order valence-electron chi connectivity index (χ0n) is 21.6. The second-order valence-electron chi connectivity index (χ2n) is 9.82. The molecule has 1 aliphatic rings. The van der Waals surface area contributed by atoms with Gasteiger partial charge in [-0.05, 0) is 57.9 Å². The Morgan fingerprint density at radius 1 is 1.13 bits per heavy atom. The normalized spacial score (nSPS) is 15.0. The van der Waals surface area contributed by atoms with E-state index in [1.54, 1.807) is 32.9 Å². The number of ether oxygens (including phenoxy) is 2. The lowest BCUT2D eigenvalue weighted by Gasteiger charge is -2.28. The van der Waals surface area contributed by atoms with Gasteiger partial charge in [-0.2, -0.15) is 18.3 Å². The molecule has 0 aliphatic heterocycles. The molecule has 38 heavy (non-hydrogen) atoms. The summed E-state index contributed by atoms with van der Waals surface area (Å²) < 4.78 is 52.2. The van der Waals surface area contributed by atoms with Crippen molar-refractivity contribution in [2.75, 3.05) is 18.5 Å². The number of rotatable bonds is 8. The van der Waals surface area contributed by atoms with Crippen molar-refractivity contribution in [3.63, 3.8) is 0 Å². The van der Waals surface area contributed by atoms with Crippen LogP contribution in [-0.2, 0) is 26.0 Å². The average Bonchev–Trinajstić information content (AvgIpc) is 3.30. The van der Waals surface area contributed by atoms with Gasteiger partial charge in [0.25, 0.3) is 5.91 Å². The van der Waals surface area contributed by atoms with Gasteiger partial charge in [-0.25, -0.2) is 9.78 Å². The van der Waals surface area contributed by atoms with Crippen LogP contribution in [-0.4, -0.2) is 39.9 Å². The Balaban J connectivity index is 1.71. The lowest BCUT2D eigenvalue weighted by molar-refractivity contribution is -0.154. The van der Waals surface area contributed by atoms with E-state index >= 15 is 0 Å². The van der Waals surface area contributed by atoms with Gasteiger partial charge in [0.15, 0.2) is 0 Å². The number of fused-ring (bicyclic) bond motifs is 1. The molecule has 0 spiro atoms. The summed E-state index contributed by atoms with van der Waals surface area (Å²) in [6.45, 7) is 5.03. The number of benzene rings is 1. The molecule has 2 heterocycles. The number of alkyl halides is 3. The fourth-order valence-corrected chi connectivity index (χ4v) is 4.65. The molecule has 1 saturated carbocycles. The number of halogens is 3. The number of pyridine rings is 1. The molecular formula is C27H31F3N4O4. The van der Waals surface area contributed by atoms with Crippen molar-refractivity contribution in [2.24, 2.45) is 0 Å². The predicted molar refractivity (Wildman–Crippen MR) is 135 cm³/mol. The lowest BCUT2D eigenvalue weighted by Crippen LogP contribution is -2.28. The highest BCUT2D eigenvalue weighted by Gasteiger charge is 2.33. The third kappa shape index (κ3) is 6.32. The van der Waals surface area contributed by atoms with Crippen LogP contribution in [0, 0.1) is 0 Å². The second-order valence-corrected chi connectivity index (χ2v) is 9.82. The Hall–Kier alpha value is -3.47. The zero-order valence-corrected chi connectivity index (χ0v) is 21.6. The van der Waals surface area contributed by atoms with Crippen LogP contribution in [0.4, 0.5) is 18.9 Å². The Kier molecular flexibility index (Phi) is 8.05. The van der Waals surface area contributed by atoms with E-state index in [1.807, 2.05) is 10.9 Å².